The predicted molar refractivity (Wildman–Crippen MR) is 101 cm³/mol. The van der Waals surface area contributed by atoms with Crippen LogP contribution < -0.4 is 10.1 Å². The summed E-state index contributed by atoms with van der Waals surface area (Å²) in [5.41, 5.74) is 0.298. The standard InChI is InChI=1S/C21H23NO5/c1-21(2,3)22-18-17(20(24)26-5)16(19(23)25-4)15-13-9-7-6-8-12(13)10-11-14(15)27-18/h6-11,16,22H,1-5H3. The van der Waals surface area contributed by atoms with E-state index in [4.69, 9.17) is 14.2 Å². The Kier molecular flexibility index (Phi) is 4.83. The van der Waals surface area contributed by atoms with Gasteiger partial charge in [0.15, 0.2) is 0 Å². The molecule has 27 heavy (non-hydrogen) atoms. The number of carbonyl (C=O) groups is 2. The van der Waals surface area contributed by atoms with E-state index in [0.717, 1.165) is 10.8 Å². The van der Waals surface area contributed by atoms with Crippen LogP contribution in [0, 0.1) is 0 Å². The lowest BCUT2D eigenvalue weighted by Crippen LogP contribution is -2.41. The maximum atomic E-state index is 12.8. The lowest BCUT2D eigenvalue weighted by atomic mass is 9.85. The lowest BCUT2D eigenvalue weighted by Gasteiger charge is -2.32. The Morgan fingerprint density at radius 3 is 2.37 bits per heavy atom. The Labute approximate surface area is 158 Å². The Morgan fingerprint density at radius 2 is 1.74 bits per heavy atom. The average Bonchev–Trinajstić information content (AvgIpc) is 2.64. The number of carbonyl (C=O) groups excluding carboxylic acids is 2. The molecule has 0 fully saturated rings. The van der Waals surface area contributed by atoms with Crippen molar-refractivity contribution in [3.05, 3.63) is 53.4 Å². The molecule has 0 spiro atoms. The van der Waals surface area contributed by atoms with Crippen molar-refractivity contribution < 1.29 is 23.8 Å². The van der Waals surface area contributed by atoms with Crippen molar-refractivity contribution >= 4 is 22.7 Å². The fourth-order valence-electron chi connectivity index (χ4n) is 3.21. The Morgan fingerprint density at radius 1 is 1.04 bits per heavy atom. The van der Waals surface area contributed by atoms with Gasteiger partial charge < -0.3 is 19.5 Å². The molecule has 142 valence electrons. The molecular formula is C21H23NO5. The van der Waals surface area contributed by atoms with Gasteiger partial charge in [0.1, 0.15) is 17.2 Å². The molecule has 6 nitrogen and oxygen atoms in total. The van der Waals surface area contributed by atoms with E-state index in [-0.39, 0.29) is 11.5 Å². The van der Waals surface area contributed by atoms with E-state index in [0.29, 0.717) is 11.3 Å². The van der Waals surface area contributed by atoms with E-state index in [9.17, 15) is 9.59 Å². The summed E-state index contributed by atoms with van der Waals surface area (Å²) < 4.78 is 16.0. The summed E-state index contributed by atoms with van der Waals surface area (Å²) in [5.74, 6) is -1.45. The summed E-state index contributed by atoms with van der Waals surface area (Å²) in [5, 5.41) is 4.93. The summed E-state index contributed by atoms with van der Waals surface area (Å²) in [6, 6.07) is 11.3. The van der Waals surface area contributed by atoms with Gasteiger partial charge in [0, 0.05) is 11.1 Å². The summed E-state index contributed by atoms with van der Waals surface area (Å²) in [6.07, 6.45) is 0. The van der Waals surface area contributed by atoms with Crippen LogP contribution in [0.4, 0.5) is 0 Å². The zero-order valence-corrected chi connectivity index (χ0v) is 16.1. The molecule has 1 heterocycles. The van der Waals surface area contributed by atoms with Crippen LogP contribution in [0.15, 0.2) is 47.9 Å². The van der Waals surface area contributed by atoms with Crippen molar-refractivity contribution in [2.45, 2.75) is 32.2 Å². The predicted octanol–water partition coefficient (Wildman–Crippen LogP) is 3.26. The Balaban J connectivity index is 2.31. The van der Waals surface area contributed by atoms with Crippen LogP contribution in [0.3, 0.4) is 0 Å². The normalized spacial score (nSPS) is 16.4. The van der Waals surface area contributed by atoms with Gasteiger partial charge in [-0.3, -0.25) is 4.79 Å². The van der Waals surface area contributed by atoms with Crippen LogP contribution in [0.5, 0.6) is 5.75 Å². The number of fused-ring (bicyclic) bond motifs is 3. The fraction of sp³-hybridized carbons (Fsp3) is 0.333. The van der Waals surface area contributed by atoms with Gasteiger partial charge in [0.25, 0.3) is 0 Å². The molecule has 1 aliphatic rings. The van der Waals surface area contributed by atoms with E-state index in [2.05, 4.69) is 5.32 Å². The van der Waals surface area contributed by atoms with Gasteiger partial charge >= 0.3 is 11.9 Å². The second-order valence-electron chi connectivity index (χ2n) is 7.37. The Bertz CT molecular complexity index is 939. The summed E-state index contributed by atoms with van der Waals surface area (Å²) in [6.45, 7) is 5.80. The second kappa shape index (κ2) is 6.95. The van der Waals surface area contributed by atoms with Crippen LogP contribution in [0.2, 0.25) is 0 Å². The summed E-state index contributed by atoms with van der Waals surface area (Å²) in [4.78, 5) is 25.4. The highest BCUT2D eigenvalue weighted by molar-refractivity contribution is 6.04. The third-order valence-corrected chi connectivity index (χ3v) is 4.30. The first-order valence-corrected chi connectivity index (χ1v) is 8.65. The van der Waals surface area contributed by atoms with Crippen molar-refractivity contribution in [1.82, 2.24) is 5.32 Å². The molecule has 0 saturated heterocycles. The van der Waals surface area contributed by atoms with E-state index in [1.807, 2.05) is 51.1 Å². The second-order valence-corrected chi connectivity index (χ2v) is 7.37. The smallest absolute Gasteiger partial charge is 0.340 e. The fourth-order valence-corrected chi connectivity index (χ4v) is 3.21. The summed E-state index contributed by atoms with van der Waals surface area (Å²) >= 11 is 0. The van der Waals surface area contributed by atoms with Crippen LogP contribution >= 0.6 is 0 Å². The Hall–Kier alpha value is -3.02. The number of nitrogens with one attached hydrogen (secondary N) is 1. The van der Waals surface area contributed by atoms with Gasteiger partial charge in [-0.25, -0.2) is 4.79 Å². The summed E-state index contributed by atoms with van der Waals surface area (Å²) in [7, 11) is 2.57. The van der Waals surface area contributed by atoms with Gasteiger partial charge in [-0.15, -0.1) is 0 Å². The molecule has 0 aliphatic carbocycles. The molecule has 0 radical (unpaired) electrons. The number of ether oxygens (including phenoxy) is 3. The number of esters is 2. The topological polar surface area (TPSA) is 73.9 Å². The number of hydrogen-bond donors (Lipinski definition) is 1. The van der Waals surface area contributed by atoms with Gasteiger partial charge in [-0.05, 0) is 37.6 Å². The minimum atomic E-state index is -0.956. The van der Waals surface area contributed by atoms with Crippen molar-refractivity contribution in [1.29, 1.82) is 0 Å². The van der Waals surface area contributed by atoms with E-state index < -0.39 is 23.4 Å². The highest BCUT2D eigenvalue weighted by Gasteiger charge is 2.42. The molecule has 3 rings (SSSR count). The molecule has 2 aromatic rings. The average molecular weight is 369 g/mol. The van der Waals surface area contributed by atoms with Gasteiger partial charge in [0.05, 0.1) is 14.2 Å². The maximum Gasteiger partial charge on any atom is 0.340 e. The molecule has 0 amide bonds. The number of hydrogen-bond acceptors (Lipinski definition) is 6. The molecular weight excluding hydrogens is 346 g/mol. The van der Waals surface area contributed by atoms with Crippen LogP contribution in [-0.2, 0) is 19.1 Å². The first kappa shape index (κ1) is 18.8. The van der Waals surface area contributed by atoms with Gasteiger partial charge in [-0.2, -0.15) is 0 Å². The van der Waals surface area contributed by atoms with Crippen molar-refractivity contribution in [3.63, 3.8) is 0 Å². The third kappa shape index (κ3) is 3.47. The lowest BCUT2D eigenvalue weighted by molar-refractivity contribution is -0.145. The first-order valence-electron chi connectivity index (χ1n) is 8.65. The van der Waals surface area contributed by atoms with Gasteiger partial charge in [0.2, 0.25) is 5.88 Å². The molecule has 1 atom stereocenters. The molecule has 1 N–H and O–H groups in total. The molecule has 0 saturated carbocycles. The SMILES string of the molecule is COC(=O)C1=C(NC(C)(C)C)Oc2ccc3ccccc3c2C1C(=O)OC. The minimum Gasteiger partial charge on any atom is -0.468 e. The van der Waals surface area contributed by atoms with Crippen molar-refractivity contribution in [2.24, 2.45) is 0 Å². The molecule has 6 heteroatoms. The number of benzene rings is 2. The molecule has 1 aliphatic heterocycles. The minimum absolute atomic E-state index is 0.100. The van der Waals surface area contributed by atoms with E-state index in [1.165, 1.54) is 14.2 Å². The first-order chi connectivity index (χ1) is 12.8. The zero-order valence-electron chi connectivity index (χ0n) is 16.1. The van der Waals surface area contributed by atoms with E-state index in [1.54, 1.807) is 6.07 Å². The van der Waals surface area contributed by atoms with Gasteiger partial charge in [-0.1, -0.05) is 30.3 Å². The zero-order chi connectivity index (χ0) is 19.8. The van der Waals surface area contributed by atoms with E-state index >= 15 is 0 Å². The number of rotatable bonds is 3. The molecule has 1 unspecified atom stereocenters. The van der Waals surface area contributed by atoms with Crippen LogP contribution in [0.1, 0.15) is 32.3 Å². The maximum absolute atomic E-state index is 12.8. The van der Waals surface area contributed by atoms with Crippen LogP contribution in [-0.4, -0.2) is 31.7 Å². The highest BCUT2D eigenvalue weighted by atomic mass is 16.5. The molecule has 2 aromatic carbocycles. The third-order valence-electron chi connectivity index (χ3n) is 4.30. The van der Waals surface area contributed by atoms with Crippen molar-refractivity contribution in [2.75, 3.05) is 14.2 Å². The largest absolute Gasteiger partial charge is 0.468 e. The highest BCUT2D eigenvalue weighted by Crippen LogP contribution is 2.44. The number of methoxy groups -OCH3 is 2. The molecule has 0 aromatic heterocycles. The van der Waals surface area contributed by atoms with Crippen LogP contribution in [0.25, 0.3) is 10.8 Å². The monoisotopic (exact) mass is 369 g/mol. The molecule has 0 bridgehead atoms. The quantitative estimate of drug-likeness (QED) is 0.837. The van der Waals surface area contributed by atoms with Crippen molar-refractivity contribution in [3.8, 4) is 5.75 Å².